The maximum Gasteiger partial charge on any atom is 0.219 e. The van der Waals surface area contributed by atoms with Gasteiger partial charge >= 0.3 is 0 Å². The van der Waals surface area contributed by atoms with E-state index in [4.69, 9.17) is 14.7 Å². The molecule has 1 N–H and O–H groups in total. The van der Waals surface area contributed by atoms with Gasteiger partial charge in [0, 0.05) is 11.1 Å². The van der Waals surface area contributed by atoms with Crippen molar-refractivity contribution in [1.82, 2.24) is 0 Å². The lowest BCUT2D eigenvalue weighted by molar-refractivity contribution is 0.218. The standard InChI is InChI=1S/C28H20N2O2/c31-24-16-15-18-9-7-8-14-21(18)25(24)22-17-23(19-10-3-1-4-11-19)29-28-26(22)30-27(32-28)20-12-5-2-6-13-20/h1-17,26,28,31H/t26-,28-/m0/s1. The Labute approximate surface area is 185 Å². The Kier molecular flexibility index (Phi) is 4.36. The minimum Gasteiger partial charge on any atom is -0.507 e. The first-order chi connectivity index (χ1) is 15.8. The predicted molar refractivity (Wildman–Crippen MR) is 128 cm³/mol. The van der Waals surface area contributed by atoms with Gasteiger partial charge in [0.15, 0.2) is 0 Å². The maximum absolute atomic E-state index is 11.0. The van der Waals surface area contributed by atoms with Crippen molar-refractivity contribution in [2.75, 3.05) is 0 Å². The van der Waals surface area contributed by atoms with Gasteiger partial charge in [-0.2, -0.15) is 0 Å². The highest BCUT2D eigenvalue weighted by atomic mass is 16.5. The number of allylic oxidation sites excluding steroid dienone is 1. The predicted octanol–water partition coefficient (Wildman–Crippen LogP) is 5.60. The Balaban J connectivity index is 1.56. The van der Waals surface area contributed by atoms with Gasteiger partial charge in [-0.15, -0.1) is 0 Å². The van der Waals surface area contributed by atoms with Gasteiger partial charge < -0.3 is 9.84 Å². The molecule has 0 saturated carbocycles. The summed E-state index contributed by atoms with van der Waals surface area (Å²) >= 11 is 0. The zero-order chi connectivity index (χ0) is 21.5. The fraction of sp³-hybridized carbons (Fsp3) is 0.0714. The normalized spacial score (nSPS) is 19.6. The molecule has 0 aromatic heterocycles. The van der Waals surface area contributed by atoms with Crippen LogP contribution in [0.25, 0.3) is 16.3 Å². The summed E-state index contributed by atoms with van der Waals surface area (Å²) in [5, 5.41) is 13.0. The topological polar surface area (TPSA) is 54.2 Å². The molecule has 2 aliphatic rings. The fourth-order valence-corrected chi connectivity index (χ4v) is 4.40. The van der Waals surface area contributed by atoms with E-state index in [0.717, 1.165) is 38.7 Å². The molecule has 4 heteroatoms. The molecule has 2 atom stereocenters. The van der Waals surface area contributed by atoms with Crippen LogP contribution in [-0.4, -0.2) is 29.0 Å². The molecule has 0 spiro atoms. The summed E-state index contributed by atoms with van der Waals surface area (Å²) in [6.45, 7) is 0. The molecular weight excluding hydrogens is 396 g/mol. The highest BCUT2D eigenvalue weighted by Crippen LogP contribution is 2.41. The maximum atomic E-state index is 11.0. The molecule has 154 valence electrons. The molecule has 0 saturated heterocycles. The third-order valence-electron chi connectivity index (χ3n) is 5.92. The number of phenolic OH excluding ortho intramolecular Hbond substituents is 1. The molecule has 4 aromatic rings. The molecule has 2 heterocycles. The largest absolute Gasteiger partial charge is 0.507 e. The van der Waals surface area contributed by atoms with Gasteiger partial charge in [0.25, 0.3) is 0 Å². The van der Waals surface area contributed by atoms with E-state index in [1.165, 1.54) is 0 Å². The van der Waals surface area contributed by atoms with Gasteiger partial charge in [-0.25, -0.2) is 9.98 Å². The molecule has 0 radical (unpaired) electrons. The van der Waals surface area contributed by atoms with E-state index in [-0.39, 0.29) is 11.8 Å². The van der Waals surface area contributed by atoms with E-state index in [1.807, 2.05) is 91.0 Å². The smallest absolute Gasteiger partial charge is 0.219 e. The van der Waals surface area contributed by atoms with Gasteiger partial charge in [0.2, 0.25) is 12.1 Å². The van der Waals surface area contributed by atoms with E-state index < -0.39 is 6.23 Å². The number of aliphatic imine (C=N–C) groups is 2. The number of aromatic hydroxyl groups is 1. The number of rotatable bonds is 3. The zero-order valence-electron chi connectivity index (χ0n) is 17.2. The summed E-state index contributed by atoms with van der Waals surface area (Å²) in [6.07, 6.45) is 1.55. The van der Waals surface area contributed by atoms with Crippen LogP contribution < -0.4 is 0 Å². The minimum absolute atomic E-state index is 0.228. The van der Waals surface area contributed by atoms with Crippen LogP contribution in [0.3, 0.4) is 0 Å². The number of ether oxygens (including phenoxy) is 1. The quantitative estimate of drug-likeness (QED) is 0.472. The summed E-state index contributed by atoms with van der Waals surface area (Å²) in [6, 6.07) is 31.3. The molecule has 4 aromatic carbocycles. The molecule has 4 nitrogen and oxygen atoms in total. The zero-order valence-corrected chi connectivity index (χ0v) is 17.2. The second-order valence-corrected chi connectivity index (χ2v) is 7.91. The van der Waals surface area contributed by atoms with Crippen LogP contribution in [0, 0.1) is 0 Å². The first-order valence-corrected chi connectivity index (χ1v) is 10.6. The van der Waals surface area contributed by atoms with Crippen molar-refractivity contribution in [3.8, 4) is 5.75 Å². The van der Waals surface area contributed by atoms with Crippen molar-refractivity contribution in [1.29, 1.82) is 0 Å². The van der Waals surface area contributed by atoms with Crippen molar-refractivity contribution < 1.29 is 9.84 Å². The van der Waals surface area contributed by atoms with Crippen LogP contribution in [0.1, 0.15) is 16.7 Å². The molecule has 0 bridgehead atoms. The SMILES string of the molecule is Oc1ccc2ccccc2c1C1=CC(c2ccccc2)=N[C@H]2OC(c3ccccc3)=N[C@@H]12. The monoisotopic (exact) mass is 416 g/mol. The Bertz CT molecular complexity index is 1410. The van der Waals surface area contributed by atoms with Crippen LogP contribution in [0.2, 0.25) is 0 Å². The van der Waals surface area contributed by atoms with E-state index >= 15 is 0 Å². The Morgan fingerprint density at radius 2 is 1.38 bits per heavy atom. The molecule has 32 heavy (non-hydrogen) atoms. The highest BCUT2D eigenvalue weighted by Gasteiger charge is 2.38. The number of hydrogen-bond acceptors (Lipinski definition) is 4. The Morgan fingerprint density at radius 3 is 2.16 bits per heavy atom. The average Bonchev–Trinajstić information content (AvgIpc) is 3.29. The molecule has 6 rings (SSSR count). The number of hydrogen-bond donors (Lipinski definition) is 1. The highest BCUT2D eigenvalue weighted by molar-refractivity contribution is 6.16. The molecule has 0 fully saturated rings. The minimum atomic E-state index is -0.487. The molecular formula is C28H20N2O2. The van der Waals surface area contributed by atoms with Gasteiger partial charge in [0.05, 0.1) is 5.71 Å². The van der Waals surface area contributed by atoms with Gasteiger partial charge in [-0.05, 0) is 46.2 Å². The summed E-state index contributed by atoms with van der Waals surface area (Å²) in [5.74, 6) is 0.802. The van der Waals surface area contributed by atoms with Crippen molar-refractivity contribution in [2.24, 2.45) is 9.98 Å². The number of dihydropyridines is 1. The lowest BCUT2D eigenvalue weighted by Gasteiger charge is -2.24. The van der Waals surface area contributed by atoms with Crippen LogP contribution in [0.4, 0.5) is 0 Å². The van der Waals surface area contributed by atoms with Gasteiger partial charge in [-0.1, -0.05) is 78.9 Å². The lowest BCUT2D eigenvalue weighted by Crippen LogP contribution is -2.28. The summed E-state index contributed by atoms with van der Waals surface area (Å²) in [5.41, 5.74) is 4.42. The number of nitrogens with zero attached hydrogens (tertiary/aromatic N) is 2. The Morgan fingerprint density at radius 1 is 0.688 bits per heavy atom. The van der Waals surface area contributed by atoms with Crippen LogP contribution in [-0.2, 0) is 4.74 Å². The van der Waals surface area contributed by atoms with Crippen molar-refractivity contribution in [2.45, 2.75) is 12.3 Å². The third-order valence-corrected chi connectivity index (χ3v) is 5.92. The van der Waals surface area contributed by atoms with E-state index in [9.17, 15) is 5.11 Å². The molecule has 2 aliphatic heterocycles. The molecule has 0 aliphatic carbocycles. The summed E-state index contributed by atoms with van der Waals surface area (Å²) < 4.78 is 6.25. The van der Waals surface area contributed by atoms with Gasteiger partial charge in [-0.3, -0.25) is 0 Å². The molecule has 0 amide bonds. The van der Waals surface area contributed by atoms with Crippen LogP contribution in [0.15, 0.2) is 113 Å². The second kappa shape index (κ2) is 7.50. The second-order valence-electron chi connectivity index (χ2n) is 7.91. The third kappa shape index (κ3) is 3.08. The molecule has 0 unspecified atom stereocenters. The van der Waals surface area contributed by atoms with E-state index in [1.54, 1.807) is 6.07 Å². The van der Waals surface area contributed by atoms with E-state index in [0.29, 0.717) is 5.90 Å². The fourth-order valence-electron chi connectivity index (χ4n) is 4.40. The Hall–Kier alpha value is -4.18. The van der Waals surface area contributed by atoms with Crippen LogP contribution in [0.5, 0.6) is 5.75 Å². The van der Waals surface area contributed by atoms with E-state index in [2.05, 4.69) is 6.07 Å². The number of phenols is 1. The van der Waals surface area contributed by atoms with Crippen LogP contribution >= 0.6 is 0 Å². The average molecular weight is 416 g/mol. The lowest BCUT2D eigenvalue weighted by atomic mass is 9.88. The first kappa shape index (κ1) is 18.6. The van der Waals surface area contributed by atoms with Gasteiger partial charge in [0.1, 0.15) is 11.8 Å². The summed E-state index contributed by atoms with van der Waals surface area (Å²) in [4.78, 5) is 9.82. The first-order valence-electron chi connectivity index (χ1n) is 10.6. The van der Waals surface area contributed by atoms with Crippen molar-refractivity contribution in [3.63, 3.8) is 0 Å². The number of benzene rings is 4. The van der Waals surface area contributed by atoms with Crippen molar-refractivity contribution >= 4 is 28.0 Å². The number of fused-ring (bicyclic) bond motifs is 2. The van der Waals surface area contributed by atoms with Crippen molar-refractivity contribution in [3.05, 3.63) is 120 Å². The summed E-state index contributed by atoms with van der Waals surface area (Å²) in [7, 11) is 0.